The summed E-state index contributed by atoms with van der Waals surface area (Å²) < 4.78 is 0. The van der Waals surface area contributed by atoms with Crippen LogP contribution in [0.4, 0.5) is 4.79 Å². The van der Waals surface area contributed by atoms with Gasteiger partial charge in [-0.3, -0.25) is 4.99 Å². The van der Waals surface area contributed by atoms with Crippen molar-refractivity contribution >= 4 is 18.0 Å². The van der Waals surface area contributed by atoms with Crippen LogP contribution >= 0.6 is 0 Å². The van der Waals surface area contributed by atoms with Crippen LogP contribution < -0.4 is 16.4 Å². The monoisotopic (exact) mass is 237 g/mol. The summed E-state index contributed by atoms with van der Waals surface area (Å²) in [5.74, 6) is 0. The fraction of sp³-hybridized carbons (Fsp3) is 0.364. The first-order valence-corrected chi connectivity index (χ1v) is 5.07. The second kappa shape index (κ2) is 7.21. The summed E-state index contributed by atoms with van der Waals surface area (Å²) in [7, 11) is 3.37. The lowest BCUT2D eigenvalue weighted by Gasteiger charge is -2.11. The SMILES string of the molecule is C/N=C(C(/C=N)=C/NC)\C(C)=C(/C)NC(N)=O. The molecule has 0 saturated carbocycles. The van der Waals surface area contributed by atoms with E-state index in [1.165, 1.54) is 6.21 Å². The number of hydrogen-bond donors (Lipinski definition) is 4. The van der Waals surface area contributed by atoms with Gasteiger partial charge in [0.2, 0.25) is 0 Å². The number of carbonyl (C=O) groups excluding carboxylic acids is 1. The highest BCUT2D eigenvalue weighted by atomic mass is 16.2. The van der Waals surface area contributed by atoms with Crippen LogP contribution in [0.3, 0.4) is 0 Å². The van der Waals surface area contributed by atoms with Crippen LogP contribution in [-0.4, -0.2) is 32.1 Å². The Morgan fingerprint density at radius 3 is 2.35 bits per heavy atom. The number of nitrogens with one attached hydrogen (secondary N) is 3. The van der Waals surface area contributed by atoms with E-state index in [1.54, 1.807) is 34.1 Å². The van der Waals surface area contributed by atoms with Crippen molar-refractivity contribution in [3.8, 4) is 0 Å². The maximum Gasteiger partial charge on any atom is 0.316 e. The highest BCUT2D eigenvalue weighted by Gasteiger charge is 2.10. The smallest absolute Gasteiger partial charge is 0.316 e. The first-order chi connectivity index (χ1) is 7.97. The fourth-order valence-corrected chi connectivity index (χ4v) is 1.30. The van der Waals surface area contributed by atoms with Gasteiger partial charge in [0.15, 0.2) is 0 Å². The molecule has 0 spiro atoms. The Morgan fingerprint density at radius 1 is 1.41 bits per heavy atom. The third-order valence-electron chi connectivity index (χ3n) is 2.18. The van der Waals surface area contributed by atoms with E-state index in [1.807, 2.05) is 0 Å². The summed E-state index contributed by atoms with van der Waals surface area (Å²) in [4.78, 5) is 14.9. The van der Waals surface area contributed by atoms with E-state index in [0.717, 1.165) is 5.57 Å². The number of primary amides is 1. The number of rotatable bonds is 5. The lowest BCUT2D eigenvalue weighted by molar-refractivity contribution is 0.251. The number of carbonyl (C=O) groups is 1. The number of urea groups is 1. The summed E-state index contributed by atoms with van der Waals surface area (Å²) in [6, 6.07) is -0.619. The van der Waals surface area contributed by atoms with Crippen LogP contribution in [0, 0.1) is 5.41 Å². The largest absolute Gasteiger partial charge is 0.393 e. The predicted molar refractivity (Wildman–Crippen MR) is 70.4 cm³/mol. The molecule has 0 rings (SSSR count). The van der Waals surface area contributed by atoms with Crippen molar-refractivity contribution in [3.05, 3.63) is 23.0 Å². The summed E-state index contributed by atoms with van der Waals surface area (Å²) in [6.07, 6.45) is 2.86. The molecule has 0 aliphatic heterocycles. The molecule has 5 N–H and O–H groups in total. The lowest BCUT2D eigenvalue weighted by Crippen LogP contribution is -2.29. The van der Waals surface area contributed by atoms with Crippen molar-refractivity contribution in [3.63, 3.8) is 0 Å². The normalized spacial score (nSPS) is 13.9. The molecule has 0 saturated heterocycles. The molecule has 0 aliphatic carbocycles. The molecule has 0 radical (unpaired) electrons. The van der Waals surface area contributed by atoms with Crippen LogP contribution in [0.1, 0.15) is 13.8 Å². The van der Waals surface area contributed by atoms with Gasteiger partial charge in [0, 0.05) is 37.8 Å². The molecule has 2 amide bonds. The molecule has 0 atom stereocenters. The predicted octanol–water partition coefficient (Wildman–Crippen LogP) is 0.772. The molecule has 0 bridgehead atoms. The number of hydrogen-bond acceptors (Lipinski definition) is 4. The highest BCUT2D eigenvalue weighted by Crippen LogP contribution is 2.09. The van der Waals surface area contributed by atoms with Gasteiger partial charge in [-0.2, -0.15) is 0 Å². The molecule has 0 unspecified atom stereocenters. The molecule has 94 valence electrons. The zero-order valence-corrected chi connectivity index (χ0v) is 10.6. The van der Waals surface area contributed by atoms with Gasteiger partial charge in [0.1, 0.15) is 0 Å². The van der Waals surface area contributed by atoms with E-state index in [0.29, 0.717) is 17.0 Å². The molecule has 17 heavy (non-hydrogen) atoms. The van der Waals surface area contributed by atoms with E-state index < -0.39 is 6.03 Å². The van der Waals surface area contributed by atoms with E-state index in [4.69, 9.17) is 11.1 Å². The Kier molecular flexibility index (Phi) is 6.32. The minimum atomic E-state index is -0.619. The van der Waals surface area contributed by atoms with Crippen molar-refractivity contribution in [2.75, 3.05) is 14.1 Å². The van der Waals surface area contributed by atoms with Crippen LogP contribution in [0.15, 0.2) is 28.0 Å². The van der Waals surface area contributed by atoms with E-state index >= 15 is 0 Å². The summed E-state index contributed by atoms with van der Waals surface area (Å²) in [5.41, 5.74) is 7.67. The van der Waals surface area contributed by atoms with Crippen molar-refractivity contribution < 1.29 is 4.79 Å². The van der Waals surface area contributed by atoms with Gasteiger partial charge in [-0.05, 0) is 19.4 Å². The molecular formula is C11H19N5O. The van der Waals surface area contributed by atoms with Gasteiger partial charge in [0.05, 0.1) is 5.71 Å². The Morgan fingerprint density at radius 2 is 2.00 bits per heavy atom. The van der Waals surface area contributed by atoms with Crippen LogP contribution in [0.5, 0.6) is 0 Å². The van der Waals surface area contributed by atoms with Gasteiger partial charge in [-0.15, -0.1) is 0 Å². The maximum atomic E-state index is 10.8. The first-order valence-electron chi connectivity index (χ1n) is 5.07. The van der Waals surface area contributed by atoms with E-state index in [2.05, 4.69) is 15.6 Å². The van der Waals surface area contributed by atoms with Crippen molar-refractivity contribution in [2.45, 2.75) is 13.8 Å². The molecular weight excluding hydrogens is 218 g/mol. The zero-order valence-electron chi connectivity index (χ0n) is 10.6. The minimum absolute atomic E-state index is 0.613. The van der Waals surface area contributed by atoms with E-state index in [-0.39, 0.29) is 0 Å². The van der Waals surface area contributed by atoms with Crippen LogP contribution in [0.25, 0.3) is 0 Å². The van der Waals surface area contributed by atoms with Gasteiger partial charge >= 0.3 is 6.03 Å². The number of nitrogens with two attached hydrogens (primary N) is 1. The summed E-state index contributed by atoms with van der Waals surface area (Å²) in [6.45, 7) is 3.53. The Balaban J connectivity index is 5.34. The van der Waals surface area contributed by atoms with Crippen molar-refractivity contribution in [1.29, 1.82) is 5.41 Å². The molecule has 6 nitrogen and oxygen atoms in total. The summed E-state index contributed by atoms with van der Waals surface area (Å²) >= 11 is 0. The Labute approximate surface area is 101 Å². The second-order valence-corrected chi connectivity index (χ2v) is 3.34. The second-order valence-electron chi connectivity index (χ2n) is 3.34. The standard InChI is InChI=1S/C11H19N5O/c1-7(8(2)16-11(13)17)10(15-4)9(5-12)6-14-3/h5-6,12,14H,1-4H3,(H3,13,16,17)/b8-7+,9-6+,12-5?,15-10+. The number of nitrogens with zero attached hydrogens (tertiary/aromatic N) is 1. The molecule has 6 heteroatoms. The average molecular weight is 237 g/mol. The van der Waals surface area contributed by atoms with Crippen LogP contribution in [-0.2, 0) is 0 Å². The highest BCUT2D eigenvalue weighted by molar-refractivity contribution is 6.23. The molecule has 0 aromatic rings. The van der Waals surface area contributed by atoms with Gasteiger partial charge in [-0.1, -0.05) is 0 Å². The van der Waals surface area contributed by atoms with E-state index in [9.17, 15) is 4.79 Å². The molecule has 0 fully saturated rings. The topological polar surface area (TPSA) is 103 Å². The van der Waals surface area contributed by atoms with Crippen LogP contribution in [0.2, 0.25) is 0 Å². The third kappa shape index (κ3) is 4.50. The lowest BCUT2D eigenvalue weighted by atomic mass is 10.0. The first kappa shape index (κ1) is 14.9. The van der Waals surface area contributed by atoms with Crippen molar-refractivity contribution in [1.82, 2.24) is 10.6 Å². The Bertz CT molecular complexity index is 393. The van der Waals surface area contributed by atoms with Crippen molar-refractivity contribution in [2.24, 2.45) is 10.7 Å². The third-order valence-corrected chi connectivity index (χ3v) is 2.18. The quantitative estimate of drug-likeness (QED) is 0.530. The zero-order chi connectivity index (χ0) is 13.4. The van der Waals surface area contributed by atoms with Gasteiger partial charge < -0.3 is 21.8 Å². The average Bonchev–Trinajstić information content (AvgIpc) is 2.27. The molecule has 0 heterocycles. The number of aliphatic imine (C=N–C) groups is 1. The van der Waals surface area contributed by atoms with Gasteiger partial charge in [-0.25, -0.2) is 4.79 Å². The number of amides is 2. The molecule has 0 aromatic heterocycles. The molecule has 0 aliphatic rings. The maximum absolute atomic E-state index is 10.8. The minimum Gasteiger partial charge on any atom is -0.393 e. The number of allylic oxidation sites excluding steroid dienone is 3. The molecule has 0 aromatic carbocycles. The Hall–Kier alpha value is -2.11. The fourth-order valence-electron chi connectivity index (χ4n) is 1.30. The summed E-state index contributed by atoms with van der Waals surface area (Å²) in [5, 5.41) is 12.7. The van der Waals surface area contributed by atoms with Gasteiger partial charge in [0.25, 0.3) is 0 Å².